The van der Waals surface area contributed by atoms with Gasteiger partial charge in [-0.25, -0.2) is 4.98 Å². The molecule has 33 heavy (non-hydrogen) atoms. The lowest BCUT2D eigenvalue weighted by molar-refractivity contribution is -0.125. The zero-order valence-corrected chi connectivity index (χ0v) is 19.6. The van der Waals surface area contributed by atoms with Crippen molar-refractivity contribution in [1.29, 1.82) is 0 Å². The molecule has 1 saturated heterocycles. The van der Waals surface area contributed by atoms with Gasteiger partial charge in [-0.15, -0.1) is 11.3 Å². The molecular formula is C22H27N7O3S. The fraction of sp³-hybridized carbons (Fsp3) is 0.364. The third kappa shape index (κ3) is 4.29. The first-order valence-electron chi connectivity index (χ1n) is 10.6. The van der Waals surface area contributed by atoms with Crippen LogP contribution in [0.5, 0.6) is 0 Å². The van der Waals surface area contributed by atoms with Crippen LogP contribution in [0.1, 0.15) is 34.8 Å². The van der Waals surface area contributed by atoms with E-state index in [-0.39, 0.29) is 11.8 Å². The average molecular weight is 470 g/mol. The van der Waals surface area contributed by atoms with Gasteiger partial charge in [-0.1, -0.05) is 5.16 Å². The van der Waals surface area contributed by atoms with Crippen LogP contribution >= 0.6 is 11.3 Å². The molecular weight excluding hydrogens is 442 g/mol. The van der Waals surface area contributed by atoms with Crippen molar-refractivity contribution in [3.63, 3.8) is 0 Å². The molecule has 1 aliphatic rings. The number of piperidine rings is 1. The predicted octanol–water partition coefficient (Wildman–Crippen LogP) is 2.29. The monoisotopic (exact) mass is 469 g/mol. The molecule has 0 spiro atoms. The van der Waals surface area contributed by atoms with Crippen LogP contribution in [0.15, 0.2) is 28.1 Å². The van der Waals surface area contributed by atoms with Crippen LogP contribution in [-0.4, -0.2) is 47.6 Å². The van der Waals surface area contributed by atoms with Gasteiger partial charge < -0.3 is 31.5 Å². The van der Waals surface area contributed by atoms with E-state index in [1.165, 1.54) is 11.3 Å². The van der Waals surface area contributed by atoms with Gasteiger partial charge in [0, 0.05) is 24.2 Å². The van der Waals surface area contributed by atoms with Crippen molar-refractivity contribution >= 4 is 40.2 Å². The van der Waals surface area contributed by atoms with Gasteiger partial charge in [-0.2, -0.15) is 0 Å². The normalized spacial score (nSPS) is 15.4. The Morgan fingerprint density at radius 3 is 2.58 bits per heavy atom. The molecule has 174 valence electrons. The summed E-state index contributed by atoms with van der Waals surface area (Å²) in [5.41, 5.74) is 14.7. The minimum atomic E-state index is -0.719. The summed E-state index contributed by atoms with van der Waals surface area (Å²) in [7, 11) is 1.75. The van der Waals surface area contributed by atoms with Crippen LogP contribution in [0.4, 0.5) is 17.1 Å². The Hall–Kier alpha value is -3.44. The van der Waals surface area contributed by atoms with Gasteiger partial charge in [0.1, 0.15) is 22.0 Å². The number of rotatable bonds is 6. The smallest absolute Gasteiger partial charge is 0.275 e. The maximum Gasteiger partial charge on any atom is 0.275 e. The highest BCUT2D eigenvalue weighted by atomic mass is 32.1. The highest BCUT2D eigenvalue weighted by molar-refractivity contribution is 7.13. The first kappa shape index (κ1) is 22.7. The number of carbonyl (C=O) groups excluding carboxylic acids is 2. The van der Waals surface area contributed by atoms with Gasteiger partial charge in [0.05, 0.1) is 22.6 Å². The van der Waals surface area contributed by atoms with E-state index in [1.54, 1.807) is 24.6 Å². The second kappa shape index (κ2) is 8.83. The number of carbonyl (C=O) groups is 2. The molecule has 4 rings (SSSR count). The Balaban J connectivity index is 1.54. The molecule has 0 saturated carbocycles. The summed E-state index contributed by atoms with van der Waals surface area (Å²) < 4.78 is 5.21. The number of nitrogen functional groups attached to an aromatic ring is 1. The molecule has 10 nitrogen and oxygen atoms in total. The van der Waals surface area contributed by atoms with Gasteiger partial charge in [0.15, 0.2) is 0 Å². The zero-order chi connectivity index (χ0) is 23.8. The molecule has 11 heteroatoms. The molecule has 1 aliphatic heterocycles. The quantitative estimate of drug-likeness (QED) is 0.401. The van der Waals surface area contributed by atoms with Crippen molar-refractivity contribution in [3.8, 4) is 10.6 Å². The first-order chi connectivity index (χ1) is 15.7. The average Bonchev–Trinajstić information content (AvgIpc) is 3.40. The first-order valence-corrected chi connectivity index (χ1v) is 11.5. The molecule has 0 radical (unpaired) electrons. The van der Waals surface area contributed by atoms with Crippen molar-refractivity contribution in [2.45, 2.75) is 32.2 Å². The SMILES string of the molecule is CNC1(C(N)=O)CCN(c2ccc(N)cc2NC(=O)c2csc(-c3c(C)noc3C)n2)CC1. The molecule has 2 amide bonds. The summed E-state index contributed by atoms with van der Waals surface area (Å²) in [6.45, 7) is 4.85. The molecule has 0 aliphatic carbocycles. The van der Waals surface area contributed by atoms with Gasteiger partial charge in [-0.3, -0.25) is 9.59 Å². The summed E-state index contributed by atoms with van der Waals surface area (Å²) in [6, 6.07) is 5.39. The summed E-state index contributed by atoms with van der Waals surface area (Å²) in [4.78, 5) is 31.6. The number of nitrogens with zero attached hydrogens (tertiary/aromatic N) is 3. The zero-order valence-electron chi connectivity index (χ0n) is 18.8. The highest BCUT2D eigenvalue weighted by Gasteiger charge is 2.38. The van der Waals surface area contributed by atoms with Gasteiger partial charge in [-0.05, 0) is 51.9 Å². The van der Waals surface area contributed by atoms with Crippen LogP contribution in [0.3, 0.4) is 0 Å². The predicted molar refractivity (Wildman–Crippen MR) is 128 cm³/mol. The number of amides is 2. The number of anilines is 3. The van der Waals surface area contributed by atoms with Gasteiger partial charge in [0.25, 0.3) is 5.91 Å². The number of hydrogen-bond acceptors (Lipinski definition) is 9. The summed E-state index contributed by atoms with van der Waals surface area (Å²) >= 11 is 1.36. The maximum absolute atomic E-state index is 13.0. The molecule has 0 unspecified atom stereocenters. The highest BCUT2D eigenvalue weighted by Crippen LogP contribution is 2.34. The van der Waals surface area contributed by atoms with E-state index in [2.05, 4.69) is 25.7 Å². The largest absolute Gasteiger partial charge is 0.399 e. The van der Waals surface area contributed by atoms with Crippen molar-refractivity contribution < 1.29 is 14.1 Å². The van der Waals surface area contributed by atoms with Crippen LogP contribution < -0.4 is 27.0 Å². The fourth-order valence-electron chi connectivity index (χ4n) is 4.15. The molecule has 1 aromatic carbocycles. The second-order valence-electron chi connectivity index (χ2n) is 8.15. The standard InChI is InChI=1S/C22H27N7O3S/c1-12-18(13(2)32-28-12)20-27-16(11-33-20)19(30)26-15-10-14(23)4-5-17(15)29-8-6-22(25-3,7-9-29)21(24)31/h4-5,10-11,25H,6-9,23H2,1-3H3,(H2,24,31)(H,26,30). The number of primary amides is 1. The lowest BCUT2D eigenvalue weighted by Crippen LogP contribution is -2.59. The molecule has 0 atom stereocenters. The van der Waals surface area contributed by atoms with Crippen molar-refractivity contribution in [1.82, 2.24) is 15.5 Å². The Morgan fingerprint density at radius 2 is 1.97 bits per heavy atom. The maximum atomic E-state index is 13.0. The van der Waals surface area contributed by atoms with Crippen molar-refractivity contribution in [3.05, 3.63) is 40.7 Å². The topological polar surface area (TPSA) is 152 Å². The number of benzene rings is 1. The van der Waals surface area contributed by atoms with E-state index >= 15 is 0 Å². The van der Waals surface area contributed by atoms with Crippen LogP contribution in [0.2, 0.25) is 0 Å². The number of aromatic nitrogens is 2. The van der Waals surface area contributed by atoms with Crippen molar-refractivity contribution in [2.75, 3.05) is 36.1 Å². The number of nitrogens with two attached hydrogens (primary N) is 2. The van der Waals surface area contributed by atoms with E-state index in [1.807, 2.05) is 19.9 Å². The van der Waals surface area contributed by atoms with Crippen LogP contribution in [-0.2, 0) is 4.79 Å². The summed E-state index contributed by atoms with van der Waals surface area (Å²) in [5.74, 6) is -0.0337. The molecule has 1 fully saturated rings. The Kier molecular flexibility index (Phi) is 6.09. The second-order valence-corrected chi connectivity index (χ2v) is 9.01. The van der Waals surface area contributed by atoms with E-state index < -0.39 is 5.54 Å². The van der Waals surface area contributed by atoms with E-state index in [4.69, 9.17) is 16.0 Å². The number of nitrogens with one attached hydrogen (secondary N) is 2. The Morgan fingerprint density at radius 1 is 1.24 bits per heavy atom. The van der Waals surface area contributed by atoms with Crippen LogP contribution in [0.25, 0.3) is 10.6 Å². The Bertz CT molecular complexity index is 1180. The minimum Gasteiger partial charge on any atom is -0.399 e. The van der Waals surface area contributed by atoms with Crippen LogP contribution in [0, 0.1) is 13.8 Å². The molecule has 2 aromatic heterocycles. The molecule has 3 heterocycles. The van der Waals surface area contributed by atoms with Gasteiger partial charge in [0.2, 0.25) is 5.91 Å². The van der Waals surface area contributed by atoms with E-state index in [0.29, 0.717) is 53.8 Å². The lowest BCUT2D eigenvalue weighted by Gasteiger charge is -2.41. The lowest BCUT2D eigenvalue weighted by atomic mass is 9.86. The third-order valence-electron chi connectivity index (χ3n) is 6.16. The summed E-state index contributed by atoms with van der Waals surface area (Å²) in [5, 5.41) is 12.4. The molecule has 6 N–H and O–H groups in total. The van der Waals surface area contributed by atoms with E-state index in [0.717, 1.165) is 16.9 Å². The number of likely N-dealkylation sites (N-methyl/N-ethyl adjacent to an activating group) is 1. The number of hydrogen-bond donors (Lipinski definition) is 4. The molecule has 0 bridgehead atoms. The number of thiazole rings is 1. The van der Waals surface area contributed by atoms with Gasteiger partial charge >= 0.3 is 0 Å². The Labute approximate surface area is 195 Å². The van der Waals surface area contributed by atoms with Crippen molar-refractivity contribution in [2.24, 2.45) is 5.73 Å². The summed E-state index contributed by atoms with van der Waals surface area (Å²) in [6.07, 6.45) is 1.12. The molecule has 3 aromatic rings. The minimum absolute atomic E-state index is 0.296. The number of aryl methyl sites for hydroxylation is 2. The fourth-order valence-corrected chi connectivity index (χ4v) is 5.09. The van der Waals surface area contributed by atoms with E-state index in [9.17, 15) is 9.59 Å². The third-order valence-corrected chi connectivity index (χ3v) is 7.02.